The quantitative estimate of drug-likeness (QED) is 0.810. The zero-order chi connectivity index (χ0) is 15.7. The Balaban J connectivity index is 2.39. The molecule has 0 saturated heterocycles. The van der Waals surface area contributed by atoms with E-state index in [2.05, 4.69) is 9.47 Å². The van der Waals surface area contributed by atoms with E-state index in [1.54, 1.807) is 13.8 Å². The number of hydrogen-bond acceptors (Lipinski definition) is 6. The van der Waals surface area contributed by atoms with Crippen molar-refractivity contribution in [2.45, 2.75) is 25.9 Å². The van der Waals surface area contributed by atoms with Crippen molar-refractivity contribution < 1.29 is 31.9 Å². The molecule has 0 unspecified atom stereocenters. The first kappa shape index (κ1) is 16.2. The SMILES string of the molecule is CCOP(=O)(OCC)[C@@H](N)c1cccc2c1OC(F)(F)O2. The molecule has 2 rings (SSSR count). The molecule has 0 fully saturated rings. The molecule has 0 bridgehead atoms. The van der Waals surface area contributed by atoms with Gasteiger partial charge in [0.2, 0.25) is 0 Å². The zero-order valence-electron chi connectivity index (χ0n) is 11.5. The fraction of sp³-hybridized carbons (Fsp3) is 0.500. The lowest BCUT2D eigenvalue weighted by Crippen LogP contribution is -2.26. The van der Waals surface area contributed by atoms with Crippen molar-refractivity contribution in [1.82, 2.24) is 0 Å². The maximum atomic E-state index is 13.2. The summed E-state index contributed by atoms with van der Waals surface area (Å²) >= 11 is 0. The molecule has 0 aliphatic carbocycles. The van der Waals surface area contributed by atoms with Crippen LogP contribution in [-0.2, 0) is 13.6 Å². The van der Waals surface area contributed by atoms with Gasteiger partial charge in [-0.15, -0.1) is 8.78 Å². The van der Waals surface area contributed by atoms with E-state index in [9.17, 15) is 13.3 Å². The van der Waals surface area contributed by atoms with Crippen molar-refractivity contribution in [1.29, 1.82) is 0 Å². The van der Waals surface area contributed by atoms with Crippen LogP contribution >= 0.6 is 7.60 Å². The van der Waals surface area contributed by atoms with Crippen molar-refractivity contribution in [3.8, 4) is 11.5 Å². The fourth-order valence-corrected chi connectivity index (χ4v) is 3.61. The number of halogens is 2. The van der Waals surface area contributed by atoms with Gasteiger partial charge in [-0.3, -0.25) is 4.57 Å². The van der Waals surface area contributed by atoms with E-state index >= 15 is 0 Å². The molecule has 0 amide bonds. The highest BCUT2D eigenvalue weighted by molar-refractivity contribution is 7.54. The van der Waals surface area contributed by atoms with Crippen LogP contribution in [0.25, 0.3) is 0 Å². The average molecular weight is 323 g/mol. The van der Waals surface area contributed by atoms with Gasteiger partial charge in [0, 0.05) is 5.56 Å². The summed E-state index contributed by atoms with van der Waals surface area (Å²) in [6.45, 7) is 3.46. The van der Waals surface area contributed by atoms with E-state index in [0.29, 0.717) is 0 Å². The summed E-state index contributed by atoms with van der Waals surface area (Å²) in [5, 5.41) is 0. The molecule has 1 aromatic carbocycles. The number of para-hydroxylation sites is 1. The van der Waals surface area contributed by atoms with Crippen LogP contribution in [0, 0.1) is 0 Å². The molecule has 1 aliphatic heterocycles. The van der Waals surface area contributed by atoms with Gasteiger partial charge < -0.3 is 24.3 Å². The first-order chi connectivity index (χ1) is 9.83. The Morgan fingerprint density at radius 3 is 2.48 bits per heavy atom. The minimum atomic E-state index is -3.78. The molecule has 118 valence electrons. The smallest absolute Gasteiger partial charge is 0.395 e. The van der Waals surface area contributed by atoms with Gasteiger partial charge in [0.05, 0.1) is 13.2 Å². The molecule has 21 heavy (non-hydrogen) atoms. The van der Waals surface area contributed by atoms with Gasteiger partial charge in [0.1, 0.15) is 5.78 Å². The highest BCUT2D eigenvalue weighted by atomic mass is 31.2. The number of ether oxygens (including phenoxy) is 2. The second-order valence-corrected chi connectivity index (χ2v) is 6.31. The maximum absolute atomic E-state index is 13.2. The first-order valence-corrected chi connectivity index (χ1v) is 7.97. The summed E-state index contributed by atoms with van der Waals surface area (Å²) < 4.78 is 57.9. The molecule has 0 radical (unpaired) electrons. The summed E-state index contributed by atoms with van der Waals surface area (Å²) in [5.74, 6) is -1.69. The molecule has 0 spiro atoms. The van der Waals surface area contributed by atoms with Gasteiger partial charge in [-0.1, -0.05) is 12.1 Å². The van der Waals surface area contributed by atoms with Crippen molar-refractivity contribution in [3.63, 3.8) is 0 Å². The Kier molecular flexibility index (Phi) is 4.53. The van der Waals surface area contributed by atoms with Crippen LogP contribution in [-0.4, -0.2) is 19.5 Å². The second-order valence-electron chi connectivity index (χ2n) is 4.16. The third kappa shape index (κ3) is 3.18. The number of hydrogen-bond donors (Lipinski definition) is 1. The standard InChI is InChI=1S/C12H16F2NO5P/c1-3-17-21(16,18-4-2)11(15)8-6-5-7-9-10(8)20-12(13,14)19-9/h5-7,11H,3-4,15H2,1-2H3/t11-/m1/s1. The van der Waals surface area contributed by atoms with Crippen molar-refractivity contribution in [2.75, 3.05) is 13.2 Å². The minimum Gasteiger partial charge on any atom is -0.395 e. The highest BCUT2D eigenvalue weighted by Crippen LogP contribution is 2.61. The average Bonchev–Trinajstić information content (AvgIpc) is 2.72. The van der Waals surface area contributed by atoms with Crippen LogP contribution in [0.3, 0.4) is 0 Å². The molecule has 1 heterocycles. The van der Waals surface area contributed by atoms with E-state index in [1.165, 1.54) is 18.2 Å². The Bertz CT molecular complexity index is 559. The molecule has 1 atom stereocenters. The largest absolute Gasteiger partial charge is 0.586 e. The Hall–Kier alpha value is -1.21. The van der Waals surface area contributed by atoms with E-state index in [0.717, 1.165) is 0 Å². The van der Waals surface area contributed by atoms with Gasteiger partial charge in [-0.05, 0) is 19.9 Å². The van der Waals surface area contributed by atoms with Crippen LogP contribution < -0.4 is 15.2 Å². The van der Waals surface area contributed by atoms with E-state index < -0.39 is 19.7 Å². The summed E-state index contributed by atoms with van der Waals surface area (Å²) in [7, 11) is -3.71. The third-order valence-electron chi connectivity index (χ3n) is 2.74. The van der Waals surface area contributed by atoms with Crippen LogP contribution in [0.4, 0.5) is 8.78 Å². The minimum absolute atomic E-state index is 0.0786. The van der Waals surface area contributed by atoms with E-state index in [-0.39, 0.29) is 30.3 Å². The van der Waals surface area contributed by atoms with Crippen molar-refractivity contribution >= 4 is 7.60 Å². The lowest BCUT2D eigenvalue weighted by Gasteiger charge is -2.24. The molecule has 6 nitrogen and oxygen atoms in total. The summed E-state index contributed by atoms with van der Waals surface area (Å²) in [6, 6.07) is 4.17. The summed E-state index contributed by atoms with van der Waals surface area (Å²) in [5.41, 5.74) is 5.99. The summed E-state index contributed by atoms with van der Waals surface area (Å²) in [6.07, 6.45) is -3.78. The Labute approximate surface area is 120 Å². The lowest BCUT2D eigenvalue weighted by atomic mass is 10.2. The Morgan fingerprint density at radius 1 is 1.29 bits per heavy atom. The monoisotopic (exact) mass is 323 g/mol. The zero-order valence-corrected chi connectivity index (χ0v) is 12.4. The fourth-order valence-electron chi connectivity index (χ4n) is 1.95. The number of nitrogens with two attached hydrogens (primary N) is 1. The summed E-state index contributed by atoms with van der Waals surface area (Å²) in [4.78, 5) is 0. The van der Waals surface area contributed by atoms with Crippen molar-refractivity contribution in [3.05, 3.63) is 23.8 Å². The number of alkyl halides is 2. The van der Waals surface area contributed by atoms with Gasteiger partial charge in [-0.2, -0.15) is 0 Å². The highest BCUT2D eigenvalue weighted by Gasteiger charge is 2.47. The predicted molar refractivity (Wildman–Crippen MR) is 70.4 cm³/mol. The maximum Gasteiger partial charge on any atom is 0.586 e. The number of rotatable bonds is 6. The number of fused-ring (bicyclic) bond motifs is 1. The van der Waals surface area contributed by atoms with Crippen LogP contribution in [0.5, 0.6) is 11.5 Å². The molecular weight excluding hydrogens is 307 g/mol. The van der Waals surface area contributed by atoms with Gasteiger partial charge >= 0.3 is 13.9 Å². The second kappa shape index (κ2) is 5.88. The van der Waals surface area contributed by atoms with Gasteiger partial charge in [0.25, 0.3) is 0 Å². The van der Waals surface area contributed by atoms with Crippen LogP contribution in [0.2, 0.25) is 0 Å². The van der Waals surface area contributed by atoms with E-state index in [1.807, 2.05) is 0 Å². The molecule has 1 aliphatic rings. The lowest BCUT2D eigenvalue weighted by molar-refractivity contribution is -0.287. The molecule has 0 aromatic heterocycles. The molecule has 0 saturated carbocycles. The van der Waals surface area contributed by atoms with Gasteiger partial charge in [-0.25, -0.2) is 0 Å². The van der Waals surface area contributed by atoms with E-state index in [4.69, 9.17) is 14.8 Å². The van der Waals surface area contributed by atoms with Crippen molar-refractivity contribution in [2.24, 2.45) is 5.73 Å². The normalized spacial score (nSPS) is 17.8. The predicted octanol–water partition coefficient (Wildman–Crippen LogP) is 3.23. The molecule has 9 heteroatoms. The third-order valence-corrected chi connectivity index (χ3v) is 4.93. The molecular formula is C12H16F2NO5P. The van der Waals surface area contributed by atoms with Gasteiger partial charge in [0.15, 0.2) is 11.5 Å². The number of benzene rings is 1. The molecule has 2 N–H and O–H groups in total. The van der Waals surface area contributed by atoms with Crippen LogP contribution in [0.1, 0.15) is 25.2 Å². The first-order valence-electron chi connectivity index (χ1n) is 6.36. The van der Waals surface area contributed by atoms with Crippen LogP contribution in [0.15, 0.2) is 18.2 Å². The topological polar surface area (TPSA) is 80.0 Å². The Morgan fingerprint density at radius 2 is 1.90 bits per heavy atom. The molecule has 1 aromatic rings.